The highest BCUT2D eigenvalue weighted by Crippen LogP contribution is 2.25. The van der Waals surface area contributed by atoms with Gasteiger partial charge in [-0.2, -0.15) is 0 Å². The summed E-state index contributed by atoms with van der Waals surface area (Å²) in [4.78, 5) is 4.16. The second kappa shape index (κ2) is 5.31. The molecule has 0 bridgehead atoms. The first kappa shape index (κ1) is 12.8. The van der Waals surface area contributed by atoms with Crippen LogP contribution in [0.2, 0.25) is 0 Å². The molecular formula is C14H18FN3. The van der Waals surface area contributed by atoms with Crippen molar-refractivity contribution in [2.45, 2.75) is 19.8 Å². The van der Waals surface area contributed by atoms with Gasteiger partial charge in [0.25, 0.3) is 0 Å². The molecule has 1 aromatic heterocycles. The van der Waals surface area contributed by atoms with Crippen LogP contribution in [0.25, 0.3) is 5.69 Å². The van der Waals surface area contributed by atoms with E-state index in [1.165, 1.54) is 12.1 Å². The van der Waals surface area contributed by atoms with Gasteiger partial charge in [0.2, 0.25) is 0 Å². The number of benzene rings is 1. The van der Waals surface area contributed by atoms with Crippen LogP contribution in [0.4, 0.5) is 4.39 Å². The lowest BCUT2D eigenvalue weighted by atomic mass is 9.93. The summed E-state index contributed by atoms with van der Waals surface area (Å²) in [6.45, 7) is 4.81. The van der Waals surface area contributed by atoms with Crippen LogP contribution >= 0.6 is 0 Å². The summed E-state index contributed by atoms with van der Waals surface area (Å²) >= 11 is 0. The summed E-state index contributed by atoms with van der Waals surface area (Å²) in [7, 11) is 0. The Hall–Kier alpha value is -1.68. The summed E-state index contributed by atoms with van der Waals surface area (Å²) < 4.78 is 15.2. The summed E-state index contributed by atoms with van der Waals surface area (Å²) in [5.41, 5.74) is 7.63. The number of halogens is 1. The van der Waals surface area contributed by atoms with Crippen LogP contribution in [0.5, 0.6) is 0 Å². The lowest BCUT2D eigenvalue weighted by Gasteiger charge is -2.20. The van der Waals surface area contributed by atoms with Crippen LogP contribution in [-0.2, 0) is 0 Å². The van der Waals surface area contributed by atoms with Crippen molar-refractivity contribution >= 4 is 0 Å². The largest absolute Gasteiger partial charge is 0.330 e. The quantitative estimate of drug-likeness (QED) is 0.902. The van der Waals surface area contributed by atoms with Crippen LogP contribution in [0.1, 0.15) is 25.5 Å². The predicted octanol–water partition coefficient (Wildman–Crippen LogP) is 2.71. The fraction of sp³-hybridized carbons (Fsp3) is 0.357. The Kier molecular flexibility index (Phi) is 3.77. The van der Waals surface area contributed by atoms with E-state index in [-0.39, 0.29) is 11.7 Å². The fourth-order valence-electron chi connectivity index (χ4n) is 2.16. The van der Waals surface area contributed by atoms with E-state index < -0.39 is 0 Å². The van der Waals surface area contributed by atoms with E-state index in [0.29, 0.717) is 12.5 Å². The highest BCUT2D eigenvalue weighted by atomic mass is 19.1. The van der Waals surface area contributed by atoms with E-state index in [0.717, 1.165) is 11.4 Å². The van der Waals surface area contributed by atoms with E-state index in [2.05, 4.69) is 18.8 Å². The molecule has 2 N–H and O–H groups in total. The Morgan fingerprint density at radius 1 is 1.39 bits per heavy atom. The summed E-state index contributed by atoms with van der Waals surface area (Å²) in [6.07, 6.45) is 3.51. The van der Waals surface area contributed by atoms with Crippen molar-refractivity contribution in [1.29, 1.82) is 0 Å². The van der Waals surface area contributed by atoms with Crippen molar-refractivity contribution in [2.24, 2.45) is 11.7 Å². The standard InChI is InChI=1S/C14H18FN3/c1-10(2)13(7-16)14-8-17-9-18(14)12-5-3-4-11(15)6-12/h3-6,8-10,13H,7,16H2,1-2H3. The van der Waals surface area contributed by atoms with Gasteiger partial charge in [0.15, 0.2) is 0 Å². The molecular weight excluding hydrogens is 229 g/mol. The monoisotopic (exact) mass is 247 g/mol. The molecule has 2 rings (SSSR count). The molecule has 0 aliphatic rings. The van der Waals surface area contributed by atoms with Gasteiger partial charge in [-0.15, -0.1) is 0 Å². The zero-order valence-electron chi connectivity index (χ0n) is 10.7. The lowest BCUT2D eigenvalue weighted by Crippen LogP contribution is -2.20. The zero-order chi connectivity index (χ0) is 13.1. The van der Waals surface area contributed by atoms with Crippen LogP contribution in [0.3, 0.4) is 0 Å². The van der Waals surface area contributed by atoms with Crippen molar-refractivity contribution in [2.75, 3.05) is 6.54 Å². The molecule has 0 aliphatic carbocycles. The molecule has 0 aliphatic heterocycles. The third-order valence-corrected chi connectivity index (χ3v) is 3.19. The molecule has 0 radical (unpaired) electrons. The lowest BCUT2D eigenvalue weighted by molar-refractivity contribution is 0.489. The molecule has 96 valence electrons. The van der Waals surface area contributed by atoms with Crippen LogP contribution < -0.4 is 5.73 Å². The van der Waals surface area contributed by atoms with E-state index in [9.17, 15) is 4.39 Å². The smallest absolute Gasteiger partial charge is 0.125 e. The number of imidazole rings is 1. The Labute approximate surface area is 106 Å². The molecule has 1 aromatic carbocycles. The van der Waals surface area contributed by atoms with Crippen molar-refractivity contribution in [3.8, 4) is 5.69 Å². The molecule has 0 amide bonds. The van der Waals surface area contributed by atoms with Gasteiger partial charge in [-0.25, -0.2) is 9.37 Å². The Morgan fingerprint density at radius 2 is 2.17 bits per heavy atom. The minimum atomic E-state index is -0.249. The van der Waals surface area contributed by atoms with Gasteiger partial charge in [-0.05, 0) is 24.1 Å². The van der Waals surface area contributed by atoms with Gasteiger partial charge in [-0.1, -0.05) is 19.9 Å². The molecule has 1 unspecified atom stereocenters. The number of hydrogen-bond donors (Lipinski definition) is 1. The summed E-state index contributed by atoms with van der Waals surface area (Å²) in [5, 5.41) is 0. The third-order valence-electron chi connectivity index (χ3n) is 3.19. The van der Waals surface area contributed by atoms with E-state index in [1.807, 2.05) is 16.8 Å². The molecule has 2 aromatic rings. The van der Waals surface area contributed by atoms with Gasteiger partial charge < -0.3 is 10.3 Å². The highest BCUT2D eigenvalue weighted by Gasteiger charge is 2.18. The van der Waals surface area contributed by atoms with Crippen molar-refractivity contribution < 1.29 is 4.39 Å². The second-order valence-corrected chi connectivity index (χ2v) is 4.75. The molecule has 1 heterocycles. The summed E-state index contributed by atoms with van der Waals surface area (Å²) in [5.74, 6) is 0.385. The molecule has 0 saturated heterocycles. The topological polar surface area (TPSA) is 43.8 Å². The number of nitrogens with zero attached hydrogens (tertiary/aromatic N) is 2. The Morgan fingerprint density at radius 3 is 2.78 bits per heavy atom. The third kappa shape index (κ3) is 2.43. The normalized spacial score (nSPS) is 12.9. The molecule has 0 saturated carbocycles. The molecule has 0 fully saturated rings. The number of rotatable bonds is 4. The first-order valence-electron chi connectivity index (χ1n) is 6.11. The molecule has 18 heavy (non-hydrogen) atoms. The predicted molar refractivity (Wildman–Crippen MR) is 70.2 cm³/mol. The van der Waals surface area contributed by atoms with Crippen LogP contribution in [0.15, 0.2) is 36.8 Å². The van der Waals surface area contributed by atoms with Gasteiger partial charge in [0.1, 0.15) is 5.82 Å². The van der Waals surface area contributed by atoms with Gasteiger partial charge in [0.05, 0.1) is 6.33 Å². The van der Waals surface area contributed by atoms with Crippen molar-refractivity contribution in [3.05, 3.63) is 48.3 Å². The average Bonchev–Trinajstić information content (AvgIpc) is 2.78. The number of aromatic nitrogens is 2. The molecule has 4 heteroatoms. The fourth-order valence-corrected chi connectivity index (χ4v) is 2.16. The van der Waals surface area contributed by atoms with Crippen LogP contribution in [-0.4, -0.2) is 16.1 Å². The van der Waals surface area contributed by atoms with Gasteiger partial charge in [0, 0.05) is 30.0 Å². The van der Waals surface area contributed by atoms with Crippen molar-refractivity contribution in [3.63, 3.8) is 0 Å². The maximum absolute atomic E-state index is 13.3. The first-order valence-corrected chi connectivity index (χ1v) is 6.11. The SMILES string of the molecule is CC(C)C(CN)c1cncn1-c1cccc(F)c1. The minimum absolute atomic E-state index is 0.218. The first-order chi connectivity index (χ1) is 8.63. The minimum Gasteiger partial charge on any atom is -0.330 e. The average molecular weight is 247 g/mol. The van der Waals surface area contributed by atoms with Gasteiger partial charge in [-0.3, -0.25) is 0 Å². The Balaban J connectivity index is 2.44. The van der Waals surface area contributed by atoms with E-state index >= 15 is 0 Å². The maximum Gasteiger partial charge on any atom is 0.125 e. The number of hydrogen-bond acceptors (Lipinski definition) is 2. The molecule has 0 spiro atoms. The zero-order valence-corrected chi connectivity index (χ0v) is 10.7. The van der Waals surface area contributed by atoms with E-state index in [1.54, 1.807) is 12.4 Å². The number of nitrogens with two attached hydrogens (primary N) is 1. The van der Waals surface area contributed by atoms with Crippen LogP contribution in [0, 0.1) is 11.7 Å². The molecule has 1 atom stereocenters. The molecule has 3 nitrogen and oxygen atoms in total. The van der Waals surface area contributed by atoms with Gasteiger partial charge >= 0.3 is 0 Å². The second-order valence-electron chi connectivity index (χ2n) is 4.75. The van der Waals surface area contributed by atoms with E-state index in [4.69, 9.17) is 5.73 Å². The summed E-state index contributed by atoms with van der Waals surface area (Å²) in [6, 6.07) is 6.49. The van der Waals surface area contributed by atoms with Crippen molar-refractivity contribution in [1.82, 2.24) is 9.55 Å². The highest BCUT2D eigenvalue weighted by molar-refractivity contribution is 5.35. The maximum atomic E-state index is 13.3. The Bertz CT molecular complexity index is 519.